The van der Waals surface area contributed by atoms with Gasteiger partial charge in [0, 0.05) is 13.7 Å². The number of aliphatic hydroxyl groups is 1. The van der Waals surface area contributed by atoms with Crippen molar-refractivity contribution in [1.29, 1.82) is 0 Å². The van der Waals surface area contributed by atoms with Gasteiger partial charge in [0.25, 0.3) is 0 Å². The number of benzene rings is 1. The van der Waals surface area contributed by atoms with E-state index in [0.717, 1.165) is 11.1 Å². The van der Waals surface area contributed by atoms with Crippen LogP contribution in [0.3, 0.4) is 0 Å². The number of aliphatic hydroxyl groups excluding tert-OH is 1. The molecule has 0 saturated carbocycles. The molecule has 0 radical (unpaired) electrons. The smallest absolute Gasteiger partial charge is 0.0871 e. The highest BCUT2D eigenvalue weighted by molar-refractivity contribution is 5.27. The highest BCUT2D eigenvalue weighted by Crippen LogP contribution is 2.24. The average molecular weight is 194 g/mol. The SMILES string of the molecule is COC(C)(C)c1cccc(CCO)c1. The van der Waals surface area contributed by atoms with E-state index >= 15 is 0 Å². The molecule has 1 rings (SSSR count). The molecule has 0 spiro atoms. The van der Waals surface area contributed by atoms with Crippen molar-refractivity contribution in [3.05, 3.63) is 35.4 Å². The Morgan fingerprint density at radius 1 is 1.36 bits per heavy atom. The van der Waals surface area contributed by atoms with Crippen LogP contribution >= 0.6 is 0 Å². The largest absolute Gasteiger partial charge is 0.396 e. The van der Waals surface area contributed by atoms with Crippen LogP contribution in [0.5, 0.6) is 0 Å². The van der Waals surface area contributed by atoms with E-state index in [1.165, 1.54) is 0 Å². The molecule has 14 heavy (non-hydrogen) atoms. The minimum atomic E-state index is -0.258. The summed E-state index contributed by atoms with van der Waals surface area (Å²) in [5, 5.41) is 8.84. The van der Waals surface area contributed by atoms with Crippen molar-refractivity contribution < 1.29 is 9.84 Å². The molecule has 1 aromatic rings. The molecular formula is C12H18O2. The van der Waals surface area contributed by atoms with E-state index in [-0.39, 0.29) is 12.2 Å². The summed E-state index contributed by atoms with van der Waals surface area (Å²) in [5.41, 5.74) is 2.03. The van der Waals surface area contributed by atoms with Gasteiger partial charge in [-0.25, -0.2) is 0 Å². The van der Waals surface area contributed by atoms with E-state index in [1.54, 1.807) is 7.11 Å². The Balaban J connectivity index is 2.93. The Bertz CT molecular complexity index is 292. The zero-order valence-electron chi connectivity index (χ0n) is 9.08. The van der Waals surface area contributed by atoms with Gasteiger partial charge in [-0.05, 0) is 31.4 Å². The molecule has 0 unspecified atom stereocenters. The Morgan fingerprint density at radius 3 is 2.64 bits per heavy atom. The standard InChI is InChI=1S/C12H18O2/c1-12(2,14-3)11-6-4-5-10(9-11)7-8-13/h4-6,9,13H,7-8H2,1-3H3. The van der Waals surface area contributed by atoms with Gasteiger partial charge in [-0.15, -0.1) is 0 Å². The molecule has 0 fully saturated rings. The fraction of sp³-hybridized carbons (Fsp3) is 0.500. The second-order valence-corrected chi connectivity index (χ2v) is 3.89. The first-order valence-corrected chi connectivity index (χ1v) is 4.85. The van der Waals surface area contributed by atoms with Gasteiger partial charge >= 0.3 is 0 Å². The van der Waals surface area contributed by atoms with Crippen LogP contribution in [0.15, 0.2) is 24.3 Å². The lowest BCUT2D eigenvalue weighted by atomic mass is 9.95. The highest BCUT2D eigenvalue weighted by atomic mass is 16.5. The van der Waals surface area contributed by atoms with Crippen molar-refractivity contribution in [2.45, 2.75) is 25.9 Å². The number of ether oxygens (including phenoxy) is 1. The molecule has 0 atom stereocenters. The molecule has 0 bridgehead atoms. The number of rotatable bonds is 4. The lowest BCUT2D eigenvalue weighted by Gasteiger charge is -2.23. The summed E-state index contributed by atoms with van der Waals surface area (Å²) in [5.74, 6) is 0. The van der Waals surface area contributed by atoms with Gasteiger partial charge in [-0.2, -0.15) is 0 Å². The van der Waals surface area contributed by atoms with Crippen LogP contribution in [0.1, 0.15) is 25.0 Å². The predicted molar refractivity (Wildman–Crippen MR) is 57.3 cm³/mol. The van der Waals surface area contributed by atoms with Crippen LogP contribution in [0.2, 0.25) is 0 Å². The summed E-state index contributed by atoms with van der Waals surface area (Å²) in [6, 6.07) is 8.15. The summed E-state index contributed by atoms with van der Waals surface area (Å²) in [6.07, 6.45) is 0.702. The summed E-state index contributed by atoms with van der Waals surface area (Å²) in [6.45, 7) is 4.26. The first-order valence-electron chi connectivity index (χ1n) is 4.85. The van der Waals surface area contributed by atoms with E-state index < -0.39 is 0 Å². The quantitative estimate of drug-likeness (QED) is 0.795. The molecule has 1 N–H and O–H groups in total. The second kappa shape index (κ2) is 4.58. The zero-order valence-corrected chi connectivity index (χ0v) is 9.08. The van der Waals surface area contributed by atoms with Gasteiger partial charge in [0.2, 0.25) is 0 Å². The fourth-order valence-electron chi connectivity index (χ4n) is 1.35. The Labute approximate surface area is 85.5 Å². The molecule has 0 aromatic heterocycles. The average Bonchev–Trinajstić information content (AvgIpc) is 2.19. The van der Waals surface area contributed by atoms with Gasteiger partial charge in [0.1, 0.15) is 0 Å². The van der Waals surface area contributed by atoms with Crippen LogP contribution in [0, 0.1) is 0 Å². The fourth-order valence-corrected chi connectivity index (χ4v) is 1.35. The molecule has 0 amide bonds. The molecule has 0 saturated heterocycles. The van der Waals surface area contributed by atoms with Gasteiger partial charge in [0.15, 0.2) is 0 Å². The van der Waals surface area contributed by atoms with Crippen LogP contribution in [-0.2, 0) is 16.8 Å². The minimum absolute atomic E-state index is 0.191. The normalized spacial score (nSPS) is 11.7. The maximum Gasteiger partial charge on any atom is 0.0871 e. The Morgan fingerprint density at radius 2 is 2.07 bits per heavy atom. The third-order valence-corrected chi connectivity index (χ3v) is 2.53. The van der Waals surface area contributed by atoms with Crippen LogP contribution in [0.4, 0.5) is 0 Å². The van der Waals surface area contributed by atoms with Gasteiger partial charge < -0.3 is 9.84 Å². The summed E-state index contributed by atoms with van der Waals surface area (Å²) >= 11 is 0. The van der Waals surface area contributed by atoms with Crippen molar-refractivity contribution >= 4 is 0 Å². The van der Waals surface area contributed by atoms with Crippen LogP contribution < -0.4 is 0 Å². The third-order valence-electron chi connectivity index (χ3n) is 2.53. The molecule has 0 aliphatic rings. The zero-order chi connectivity index (χ0) is 10.6. The first kappa shape index (κ1) is 11.2. The van der Waals surface area contributed by atoms with Gasteiger partial charge in [-0.1, -0.05) is 24.3 Å². The summed E-state index contributed by atoms with van der Waals surface area (Å²) < 4.78 is 5.39. The van der Waals surface area contributed by atoms with Crippen LogP contribution in [-0.4, -0.2) is 18.8 Å². The van der Waals surface area contributed by atoms with E-state index in [9.17, 15) is 0 Å². The van der Waals surface area contributed by atoms with E-state index in [1.807, 2.05) is 32.0 Å². The lowest BCUT2D eigenvalue weighted by Crippen LogP contribution is -2.19. The van der Waals surface area contributed by atoms with Crippen molar-refractivity contribution in [3.8, 4) is 0 Å². The second-order valence-electron chi connectivity index (χ2n) is 3.89. The monoisotopic (exact) mass is 194 g/mol. The van der Waals surface area contributed by atoms with Gasteiger partial charge in [0.05, 0.1) is 5.60 Å². The van der Waals surface area contributed by atoms with Crippen molar-refractivity contribution in [2.75, 3.05) is 13.7 Å². The van der Waals surface area contributed by atoms with Crippen molar-refractivity contribution in [3.63, 3.8) is 0 Å². The molecular weight excluding hydrogens is 176 g/mol. The van der Waals surface area contributed by atoms with E-state index in [2.05, 4.69) is 6.07 Å². The molecule has 0 heterocycles. The maximum absolute atomic E-state index is 8.84. The van der Waals surface area contributed by atoms with Crippen molar-refractivity contribution in [1.82, 2.24) is 0 Å². The lowest BCUT2D eigenvalue weighted by molar-refractivity contribution is 0.0191. The molecule has 78 valence electrons. The maximum atomic E-state index is 8.84. The van der Waals surface area contributed by atoms with E-state index in [0.29, 0.717) is 6.42 Å². The minimum Gasteiger partial charge on any atom is -0.396 e. The molecule has 1 aromatic carbocycles. The number of hydrogen-bond acceptors (Lipinski definition) is 2. The number of hydrogen-bond donors (Lipinski definition) is 1. The van der Waals surface area contributed by atoms with Gasteiger partial charge in [-0.3, -0.25) is 0 Å². The Hall–Kier alpha value is -0.860. The topological polar surface area (TPSA) is 29.5 Å². The van der Waals surface area contributed by atoms with Crippen LogP contribution in [0.25, 0.3) is 0 Å². The van der Waals surface area contributed by atoms with E-state index in [4.69, 9.17) is 9.84 Å². The summed E-state index contributed by atoms with van der Waals surface area (Å²) in [7, 11) is 1.71. The predicted octanol–water partition coefficient (Wildman–Crippen LogP) is 2.10. The molecule has 0 aliphatic heterocycles. The summed E-state index contributed by atoms with van der Waals surface area (Å²) in [4.78, 5) is 0. The molecule has 0 aliphatic carbocycles. The molecule has 2 nitrogen and oxygen atoms in total. The Kier molecular flexibility index (Phi) is 3.67. The highest BCUT2D eigenvalue weighted by Gasteiger charge is 2.18. The number of methoxy groups -OCH3 is 1. The van der Waals surface area contributed by atoms with Crippen molar-refractivity contribution in [2.24, 2.45) is 0 Å². The first-order chi connectivity index (χ1) is 6.60. The molecule has 2 heteroatoms. The third kappa shape index (κ3) is 2.56.